The molecule has 7 N–H and O–H groups in total. The third-order valence-corrected chi connectivity index (χ3v) is 10.4. The molecule has 13 heteroatoms. The van der Waals surface area contributed by atoms with Crippen molar-refractivity contribution >= 4 is 39.1 Å². The molecule has 3 aromatic rings. The van der Waals surface area contributed by atoms with Crippen molar-refractivity contribution in [1.29, 1.82) is 0 Å². The van der Waals surface area contributed by atoms with Crippen LogP contribution in [0.25, 0.3) is 11.3 Å². The summed E-state index contributed by atoms with van der Waals surface area (Å²) in [7, 11) is -0.418. The summed E-state index contributed by atoms with van der Waals surface area (Å²) in [6, 6.07) is 22.7. The number of carbonyl (C=O) groups excluding carboxylic acids is 3. The predicted molar refractivity (Wildman–Crippen MR) is 224 cm³/mol. The number of nitrogens with one attached hydrogen (secondary N) is 2. The summed E-state index contributed by atoms with van der Waals surface area (Å²) < 4.78 is 30.9. The Labute approximate surface area is 332 Å². The highest BCUT2D eigenvalue weighted by Gasteiger charge is 2.42. The van der Waals surface area contributed by atoms with Gasteiger partial charge in [0.15, 0.2) is 0 Å². The number of sulfonamides is 1. The number of benzene rings is 3. The predicted octanol–water partition coefficient (Wildman–Crippen LogP) is 5.75. The number of ether oxygens (including phenoxy) is 1. The molecule has 4 atom stereocenters. The van der Waals surface area contributed by atoms with Crippen LogP contribution in [0.15, 0.2) is 109 Å². The molecule has 304 valence electrons. The van der Waals surface area contributed by atoms with Crippen LogP contribution in [0, 0.1) is 18.8 Å². The lowest BCUT2D eigenvalue weighted by molar-refractivity contribution is -0.138. The second-order valence-corrected chi connectivity index (χ2v) is 14.5. The number of rotatable bonds is 13. The molecule has 1 heterocycles. The summed E-state index contributed by atoms with van der Waals surface area (Å²) in [6.45, 7) is 12.4. The van der Waals surface area contributed by atoms with Gasteiger partial charge in [0, 0.05) is 24.6 Å². The van der Waals surface area contributed by atoms with Gasteiger partial charge in [-0.3, -0.25) is 14.4 Å². The van der Waals surface area contributed by atoms with Crippen LogP contribution in [-0.2, 0) is 24.4 Å². The zero-order valence-corrected chi connectivity index (χ0v) is 34.2. The minimum absolute atomic E-state index is 0.101. The topological polar surface area (TPSA) is 194 Å². The molecule has 0 radical (unpaired) electrons. The minimum atomic E-state index is -3.73. The molecule has 1 saturated heterocycles. The molecule has 0 aromatic heterocycles. The van der Waals surface area contributed by atoms with E-state index in [4.69, 9.17) is 16.2 Å². The fraction of sp³-hybridized carbons (Fsp3) is 0.372. The highest BCUT2D eigenvalue weighted by atomic mass is 32.2. The number of amides is 3. The van der Waals surface area contributed by atoms with E-state index in [2.05, 4.69) is 29.6 Å². The van der Waals surface area contributed by atoms with Gasteiger partial charge in [-0.15, -0.1) is 6.58 Å². The van der Waals surface area contributed by atoms with E-state index in [1.165, 1.54) is 17.0 Å². The number of hydrogen-bond acceptors (Lipinski definition) is 9. The Kier molecular flexibility index (Phi) is 19.8. The molecular formula is C43H59N5O7S. The van der Waals surface area contributed by atoms with Crippen molar-refractivity contribution in [3.05, 3.63) is 120 Å². The number of primary amides is 1. The SMILES string of the molecule is C=CC1CC1C(=O)NS(=O)(=O)c1ccccc1.CC.CC/C=C(/C=C(/O)c1ccc(OC)cc1C)c1ccccc1.CNC(CN)C(=O)N1CCCC1C(N)=O. The van der Waals surface area contributed by atoms with Gasteiger partial charge >= 0.3 is 0 Å². The van der Waals surface area contributed by atoms with Crippen molar-refractivity contribution < 1.29 is 32.6 Å². The molecule has 0 spiro atoms. The number of carbonyl (C=O) groups is 3. The highest BCUT2D eigenvalue weighted by molar-refractivity contribution is 7.90. The smallest absolute Gasteiger partial charge is 0.264 e. The van der Waals surface area contributed by atoms with E-state index in [9.17, 15) is 27.9 Å². The van der Waals surface area contributed by atoms with Crippen LogP contribution in [0.4, 0.5) is 0 Å². The van der Waals surface area contributed by atoms with Gasteiger partial charge in [-0.25, -0.2) is 13.1 Å². The van der Waals surface area contributed by atoms with Gasteiger partial charge in [0.05, 0.1) is 18.0 Å². The molecule has 2 fully saturated rings. The number of hydrogen-bond donors (Lipinski definition) is 5. The molecular weight excluding hydrogens is 731 g/mol. The number of aryl methyl sites for hydroxylation is 1. The van der Waals surface area contributed by atoms with E-state index in [1.807, 2.05) is 75.4 Å². The lowest BCUT2D eigenvalue weighted by Gasteiger charge is -2.26. The molecule has 4 unspecified atom stereocenters. The summed E-state index contributed by atoms with van der Waals surface area (Å²) in [6.07, 6.45) is 8.69. The number of aliphatic hydroxyl groups excluding tert-OH is 1. The van der Waals surface area contributed by atoms with Gasteiger partial charge in [-0.05, 0) is 98.7 Å². The second kappa shape index (κ2) is 23.6. The third kappa shape index (κ3) is 13.8. The third-order valence-electron chi connectivity index (χ3n) is 9.05. The van der Waals surface area contributed by atoms with E-state index in [0.29, 0.717) is 19.4 Å². The molecule has 1 aliphatic heterocycles. The van der Waals surface area contributed by atoms with Crippen molar-refractivity contribution in [2.75, 3.05) is 27.2 Å². The fourth-order valence-electron chi connectivity index (χ4n) is 5.90. The Balaban J connectivity index is 0.000000289. The largest absolute Gasteiger partial charge is 0.507 e. The summed E-state index contributed by atoms with van der Waals surface area (Å²) >= 11 is 0. The number of aliphatic hydroxyl groups is 1. The summed E-state index contributed by atoms with van der Waals surface area (Å²) in [5.74, 6) is -0.0927. The van der Waals surface area contributed by atoms with E-state index in [-0.39, 0.29) is 34.9 Å². The Morgan fingerprint density at radius 1 is 1.05 bits per heavy atom. The number of methoxy groups -OCH3 is 1. The van der Waals surface area contributed by atoms with Crippen molar-refractivity contribution in [3.8, 4) is 5.75 Å². The second-order valence-electron chi connectivity index (χ2n) is 12.8. The van der Waals surface area contributed by atoms with E-state index >= 15 is 0 Å². The van der Waals surface area contributed by atoms with Crippen LogP contribution in [-0.4, -0.2) is 75.5 Å². The maximum absolute atomic E-state index is 11.9. The van der Waals surface area contributed by atoms with E-state index < -0.39 is 33.9 Å². The summed E-state index contributed by atoms with van der Waals surface area (Å²) in [5, 5.41) is 13.3. The van der Waals surface area contributed by atoms with E-state index in [0.717, 1.165) is 40.9 Å². The lowest BCUT2D eigenvalue weighted by atomic mass is 10.0. The highest BCUT2D eigenvalue weighted by Crippen LogP contribution is 2.39. The lowest BCUT2D eigenvalue weighted by Crippen LogP contribution is -2.53. The summed E-state index contributed by atoms with van der Waals surface area (Å²) in [4.78, 5) is 36.2. The number of allylic oxidation sites excluding steroid dienone is 4. The van der Waals surface area contributed by atoms with Crippen molar-refractivity contribution in [2.24, 2.45) is 23.3 Å². The van der Waals surface area contributed by atoms with Crippen LogP contribution < -0.4 is 26.2 Å². The first-order chi connectivity index (χ1) is 26.8. The molecule has 1 saturated carbocycles. The first kappa shape index (κ1) is 46.9. The van der Waals surface area contributed by atoms with Crippen LogP contribution in [0.2, 0.25) is 0 Å². The van der Waals surface area contributed by atoms with Gasteiger partial charge in [0.2, 0.25) is 17.7 Å². The Morgan fingerprint density at radius 3 is 2.18 bits per heavy atom. The molecule has 5 rings (SSSR count). The van der Waals surface area contributed by atoms with Crippen molar-refractivity contribution in [3.63, 3.8) is 0 Å². The Bertz CT molecular complexity index is 1900. The number of likely N-dealkylation sites (N-methyl/N-ethyl adjacent to an activating group) is 1. The Morgan fingerprint density at radius 2 is 1.68 bits per heavy atom. The molecule has 1 aliphatic carbocycles. The average Bonchev–Trinajstić information content (AvgIpc) is 3.85. The number of nitrogens with zero attached hydrogens (tertiary/aromatic N) is 1. The zero-order chi connectivity index (χ0) is 41.8. The molecule has 3 aromatic carbocycles. The van der Waals surface area contributed by atoms with Gasteiger partial charge in [0.25, 0.3) is 10.0 Å². The van der Waals surface area contributed by atoms with Gasteiger partial charge in [-0.2, -0.15) is 0 Å². The monoisotopic (exact) mass is 789 g/mol. The molecule has 0 bridgehead atoms. The number of nitrogens with two attached hydrogens (primary N) is 2. The molecule has 56 heavy (non-hydrogen) atoms. The molecule has 12 nitrogen and oxygen atoms in total. The fourth-order valence-corrected chi connectivity index (χ4v) is 6.95. The maximum atomic E-state index is 11.9. The first-order valence-electron chi connectivity index (χ1n) is 18.8. The van der Waals surface area contributed by atoms with Gasteiger partial charge in [-0.1, -0.05) is 81.5 Å². The standard InChI is InChI=1S/C20H22O2.C12H13NO3S.C9H18N4O2.C2H6/c1-4-8-17(16-9-6-5-7-10-16)14-20(21)19-12-11-18(22-3)13-15(19)2;1-2-9-8-11(9)12(14)13-17(15,16)10-6-4-3-5-7-10;1-12-6(5-10)9(15)13-4-2-3-7(13)8(11)14;1-2/h5-14,21H,4H2,1-3H3;2-7,9,11H,1,8H2,(H,13,14);6-7,12H,2-5,10H2,1H3,(H2,11,14);1-2H3/b17-8-,20-14+;;;. The summed E-state index contributed by atoms with van der Waals surface area (Å²) in [5.41, 5.74) is 14.6. The number of likely N-dealkylation sites (tertiary alicyclic amines) is 1. The normalized spacial score (nSPS) is 18.0. The van der Waals surface area contributed by atoms with Crippen LogP contribution in [0.5, 0.6) is 5.75 Å². The van der Waals surface area contributed by atoms with Crippen molar-refractivity contribution in [1.82, 2.24) is 14.9 Å². The average molecular weight is 790 g/mol. The maximum Gasteiger partial charge on any atom is 0.264 e. The first-order valence-corrected chi connectivity index (χ1v) is 20.3. The van der Waals surface area contributed by atoms with Crippen LogP contribution >= 0.6 is 0 Å². The van der Waals surface area contributed by atoms with Crippen LogP contribution in [0.1, 0.15) is 63.1 Å². The quantitative estimate of drug-likeness (QED) is 0.0815. The van der Waals surface area contributed by atoms with Gasteiger partial charge in [0.1, 0.15) is 17.6 Å². The zero-order valence-electron chi connectivity index (χ0n) is 33.4. The van der Waals surface area contributed by atoms with E-state index in [1.54, 1.807) is 38.4 Å². The Hall–Kier alpha value is -5.24. The molecule has 2 aliphatic rings. The van der Waals surface area contributed by atoms with Crippen LogP contribution in [0.3, 0.4) is 0 Å². The van der Waals surface area contributed by atoms with Crippen molar-refractivity contribution in [2.45, 2.75) is 70.4 Å². The molecule has 3 amide bonds. The minimum Gasteiger partial charge on any atom is -0.507 e. The van der Waals surface area contributed by atoms with Gasteiger partial charge < -0.3 is 31.5 Å².